The van der Waals surface area contributed by atoms with Gasteiger partial charge in [-0.2, -0.15) is 0 Å². The standard InChI is InChI=1S/C44H46F2N4O12/c1-24(47-41(54)62-43(2,3)4)39(52)59-21-29-17-49(42(55)61-29)27-12-13-34(32(45)14-27)60-23-44(56)16-28-20-57-38-35-30(15-33(46)36(38)50(28)22-44)37(51)31(18-48(35)26-10-11-26)40(53)58-19-25-8-6-5-7-9-25/h5-9,12-15,18,24,26,28-29,56H,10-11,16-17,19-23H2,1-4H3,(H,47,54)/t24?,28-,29?,44-/m0/s1. The van der Waals surface area contributed by atoms with E-state index in [0.29, 0.717) is 5.52 Å². The molecule has 0 radical (unpaired) electrons. The monoisotopic (exact) mass is 860 g/mol. The lowest BCUT2D eigenvalue weighted by Crippen LogP contribution is -2.43. The van der Waals surface area contributed by atoms with E-state index in [1.807, 2.05) is 6.07 Å². The van der Waals surface area contributed by atoms with Crippen LogP contribution in [0.25, 0.3) is 10.9 Å². The number of halogens is 2. The third-order valence-corrected chi connectivity index (χ3v) is 10.9. The van der Waals surface area contributed by atoms with Crippen molar-refractivity contribution in [3.63, 3.8) is 0 Å². The lowest BCUT2D eigenvalue weighted by Gasteiger charge is -2.34. The topological polar surface area (TPSA) is 184 Å². The zero-order valence-electron chi connectivity index (χ0n) is 34.5. The van der Waals surface area contributed by atoms with Crippen molar-refractivity contribution in [2.45, 2.75) is 89.0 Å². The first-order valence-corrected chi connectivity index (χ1v) is 20.3. The first-order chi connectivity index (χ1) is 29.5. The second-order valence-corrected chi connectivity index (χ2v) is 17.0. The number of hydrogen-bond donors (Lipinski definition) is 2. The highest BCUT2D eigenvalue weighted by Gasteiger charge is 2.48. The molecular weight excluding hydrogens is 814 g/mol. The van der Waals surface area contributed by atoms with E-state index < -0.39 is 70.6 Å². The molecule has 328 valence electrons. The summed E-state index contributed by atoms with van der Waals surface area (Å²) in [5.74, 6) is -3.29. The first kappa shape index (κ1) is 42.3. The number of hydrogen-bond acceptors (Lipinski definition) is 13. The largest absolute Gasteiger partial charge is 0.487 e. The van der Waals surface area contributed by atoms with E-state index >= 15 is 8.78 Å². The fraction of sp³-hybridized carbons (Fsp3) is 0.432. The number of carbonyl (C=O) groups is 4. The average Bonchev–Trinajstić information content (AvgIpc) is 3.91. The smallest absolute Gasteiger partial charge is 0.414 e. The minimum Gasteiger partial charge on any atom is -0.487 e. The molecule has 8 rings (SSSR count). The summed E-state index contributed by atoms with van der Waals surface area (Å²) in [4.78, 5) is 66.9. The Balaban J connectivity index is 0.912. The van der Waals surface area contributed by atoms with Gasteiger partial charge in [0, 0.05) is 24.7 Å². The van der Waals surface area contributed by atoms with Crippen LogP contribution in [0.15, 0.2) is 65.6 Å². The maximum Gasteiger partial charge on any atom is 0.414 e. The Kier molecular flexibility index (Phi) is 11.2. The van der Waals surface area contributed by atoms with Crippen LogP contribution < -0.4 is 30.0 Å². The Morgan fingerprint density at radius 3 is 2.48 bits per heavy atom. The van der Waals surface area contributed by atoms with Crippen LogP contribution in [0.5, 0.6) is 11.5 Å². The molecule has 1 saturated carbocycles. The van der Waals surface area contributed by atoms with Crippen molar-refractivity contribution in [1.29, 1.82) is 0 Å². The van der Waals surface area contributed by atoms with Gasteiger partial charge in [-0.1, -0.05) is 30.3 Å². The number of aliphatic hydroxyl groups is 1. The number of pyridine rings is 1. The molecule has 16 nitrogen and oxygen atoms in total. The van der Waals surface area contributed by atoms with E-state index in [2.05, 4.69) is 5.32 Å². The van der Waals surface area contributed by atoms with E-state index in [-0.39, 0.29) is 85.8 Å². The summed E-state index contributed by atoms with van der Waals surface area (Å²) in [5, 5.41) is 14.1. The van der Waals surface area contributed by atoms with Crippen molar-refractivity contribution in [2.75, 3.05) is 42.7 Å². The molecule has 2 amide bonds. The predicted molar refractivity (Wildman–Crippen MR) is 217 cm³/mol. The molecule has 3 aromatic carbocycles. The Labute approximate surface area is 354 Å². The van der Waals surface area contributed by atoms with Gasteiger partial charge in [0.2, 0.25) is 5.43 Å². The van der Waals surface area contributed by atoms with Crippen LogP contribution in [-0.2, 0) is 30.3 Å². The molecule has 4 aliphatic rings. The number of carbonyl (C=O) groups excluding carboxylic acids is 4. The summed E-state index contributed by atoms with van der Waals surface area (Å²) in [7, 11) is 0. The molecule has 4 aromatic rings. The summed E-state index contributed by atoms with van der Waals surface area (Å²) < 4.78 is 66.5. The zero-order chi connectivity index (χ0) is 44.1. The minimum atomic E-state index is -1.58. The Morgan fingerprint density at radius 1 is 1.02 bits per heavy atom. The minimum absolute atomic E-state index is 0.0297. The van der Waals surface area contributed by atoms with Gasteiger partial charge in [0.1, 0.15) is 54.9 Å². The zero-order valence-corrected chi connectivity index (χ0v) is 34.5. The fourth-order valence-corrected chi connectivity index (χ4v) is 7.84. The quantitative estimate of drug-likeness (QED) is 0.134. The average molecular weight is 861 g/mol. The van der Waals surface area contributed by atoms with E-state index in [4.69, 9.17) is 28.4 Å². The van der Waals surface area contributed by atoms with Gasteiger partial charge in [0.25, 0.3) is 0 Å². The third-order valence-electron chi connectivity index (χ3n) is 10.9. The fourth-order valence-electron chi connectivity index (χ4n) is 7.84. The highest BCUT2D eigenvalue weighted by molar-refractivity contribution is 5.98. The van der Waals surface area contributed by atoms with E-state index in [9.17, 15) is 29.1 Å². The molecule has 3 aliphatic heterocycles. The van der Waals surface area contributed by atoms with Crippen LogP contribution in [-0.4, -0.2) is 96.1 Å². The number of amides is 2. The van der Waals surface area contributed by atoms with Gasteiger partial charge in [-0.3, -0.25) is 9.69 Å². The number of benzene rings is 3. The van der Waals surface area contributed by atoms with Crippen LogP contribution in [0.3, 0.4) is 0 Å². The summed E-state index contributed by atoms with van der Waals surface area (Å²) >= 11 is 0. The molecular formula is C44H46F2N4O12. The first-order valence-electron chi connectivity index (χ1n) is 20.3. The number of nitrogens with one attached hydrogen (secondary N) is 1. The summed E-state index contributed by atoms with van der Waals surface area (Å²) in [6, 6.07) is 12.3. The lowest BCUT2D eigenvalue weighted by atomic mass is 10.0. The van der Waals surface area contributed by atoms with Crippen molar-refractivity contribution in [3.8, 4) is 11.5 Å². The predicted octanol–water partition coefficient (Wildman–Crippen LogP) is 5.53. The third kappa shape index (κ3) is 8.82. The Hall–Kier alpha value is -6.43. The molecule has 1 aromatic heterocycles. The maximum atomic E-state index is 16.2. The molecule has 0 spiro atoms. The number of esters is 2. The lowest BCUT2D eigenvalue weighted by molar-refractivity contribution is -0.148. The molecule has 2 unspecified atom stereocenters. The van der Waals surface area contributed by atoms with Crippen LogP contribution in [0, 0.1) is 11.6 Å². The molecule has 2 N–H and O–H groups in total. The normalized spacial score (nSPS) is 21.0. The molecule has 18 heteroatoms. The van der Waals surface area contributed by atoms with Crippen molar-refractivity contribution >= 4 is 46.4 Å². The van der Waals surface area contributed by atoms with Gasteiger partial charge >= 0.3 is 24.1 Å². The van der Waals surface area contributed by atoms with Crippen LogP contribution in [0.2, 0.25) is 0 Å². The highest BCUT2D eigenvalue weighted by Crippen LogP contribution is 2.48. The van der Waals surface area contributed by atoms with Crippen molar-refractivity contribution in [1.82, 2.24) is 9.88 Å². The van der Waals surface area contributed by atoms with Crippen LogP contribution in [0.1, 0.15) is 68.9 Å². The maximum absolute atomic E-state index is 16.2. The highest BCUT2D eigenvalue weighted by atomic mass is 19.1. The number of fused-ring (bicyclic) bond motifs is 5. The van der Waals surface area contributed by atoms with Gasteiger partial charge < -0.3 is 48.3 Å². The molecule has 2 saturated heterocycles. The van der Waals surface area contributed by atoms with E-state index in [1.54, 1.807) is 54.5 Å². The van der Waals surface area contributed by atoms with Crippen molar-refractivity contribution in [3.05, 3.63) is 93.8 Å². The summed E-state index contributed by atoms with van der Waals surface area (Å²) in [5.41, 5.74) is -1.95. The molecule has 4 atom stereocenters. The van der Waals surface area contributed by atoms with Gasteiger partial charge in [0.05, 0.1) is 35.7 Å². The van der Waals surface area contributed by atoms with Gasteiger partial charge in [-0.15, -0.1) is 0 Å². The van der Waals surface area contributed by atoms with E-state index in [0.717, 1.165) is 35.4 Å². The van der Waals surface area contributed by atoms with Crippen LogP contribution in [0.4, 0.5) is 29.7 Å². The number of rotatable bonds is 12. The number of nitrogens with zero attached hydrogens (tertiary/aromatic N) is 3. The summed E-state index contributed by atoms with van der Waals surface area (Å²) in [6.07, 6.45) is 0.630. The molecule has 0 bridgehead atoms. The van der Waals surface area contributed by atoms with Gasteiger partial charge in [-0.25, -0.2) is 28.0 Å². The molecule has 3 fully saturated rings. The number of alkyl carbamates (subject to hydrolysis) is 1. The van der Waals surface area contributed by atoms with E-state index in [1.165, 1.54) is 25.3 Å². The van der Waals surface area contributed by atoms with Gasteiger partial charge in [0.15, 0.2) is 29.2 Å². The molecule has 62 heavy (non-hydrogen) atoms. The van der Waals surface area contributed by atoms with Crippen molar-refractivity contribution < 1.29 is 61.5 Å². The molecule has 4 heterocycles. The second kappa shape index (κ2) is 16.4. The Bertz CT molecular complexity index is 2490. The van der Waals surface area contributed by atoms with Crippen molar-refractivity contribution in [2.24, 2.45) is 0 Å². The van der Waals surface area contributed by atoms with Gasteiger partial charge in [-0.05, 0) is 64.3 Å². The number of cyclic esters (lactones) is 1. The number of aromatic nitrogens is 1. The van der Waals surface area contributed by atoms with Crippen LogP contribution >= 0.6 is 0 Å². The number of anilines is 2. The SMILES string of the molecule is CC(NC(=O)OC(C)(C)C)C(=O)OCC1CN(c2ccc(OC[C@]3(O)C[C@H]4COc5c(c(F)cc6c(=O)c(C(=O)OCc7ccccc7)cn(C7CC7)c56)N4C3)c(F)c2)C(=O)O1. The molecule has 1 aliphatic carbocycles. The second-order valence-electron chi connectivity index (χ2n) is 17.0. The summed E-state index contributed by atoms with van der Waals surface area (Å²) in [6.45, 7) is 5.60. The number of ether oxygens (including phenoxy) is 6. The Morgan fingerprint density at radius 2 is 1.77 bits per heavy atom.